The molecule has 2 aromatic heterocycles. The number of hydrogen-bond donors (Lipinski definition) is 1. The minimum absolute atomic E-state index is 0.235. The molecule has 0 fully saturated rings. The standard InChI is InChI=1S/C16H26N4O3S/c1-4-23-11-13-19-14-15(12(2)10-18-16(14)17)20(13)8-6-5-7-9-24(3,21)22/h10H,4-9,11H2,1-3H3,(H2,17,18). The molecule has 0 bridgehead atoms. The van der Waals surface area contributed by atoms with Crippen LogP contribution >= 0.6 is 0 Å². The van der Waals surface area contributed by atoms with Crippen molar-refractivity contribution in [2.24, 2.45) is 0 Å². The second-order valence-electron chi connectivity index (χ2n) is 6.03. The van der Waals surface area contributed by atoms with E-state index in [-0.39, 0.29) is 5.75 Å². The van der Waals surface area contributed by atoms with Crippen molar-refractivity contribution < 1.29 is 13.2 Å². The van der Waals surface area contributed by atoms with Gasteiger partial charge >= 0.3 is 0 Å². The third-order valence-corrected chi connectivity index (χ3v) is 4.92. The maximum Gasteiger partial charge on any atom is 0.151 e. The fourth-order valence-corrected chi connectivity index (χ4v) is 3.45. The summed E-state index contributed by atoms with van der Waals surface area (Å²) in [6, 6.07) is 0. The Bertz CT molecular complexity index is 799. The van der Waals surface area contributed by atoms with E-state index < -0.39 is 9.84 Å². The van der Waals surface area contributed by atoms with Crippen LogP contribution in [0.3, 0.4) is 0 Å². The van der Waals surface area contributed by atoms with Crippen LogP contribution < -0.4 is 5.73 Å². The van der Waals surface area contributed by atoms with E-state index in [1.807, 2.05) is 13.8 Å². The van der Waals surface area contributed by atoms with E-state index in [1.165, 1.54) is 6.26 Å². The molecule has 0 amide bonds. The summed E-state index contributed by atoms with van der Waals surface area (Å²) in [6.45, 7) is 5.73. The van der Waals surface area contributed by atoms with Gasteiger partial charge in [0.15, 0.2) is 5.82 Å². The van der Waals surface area contributed by atoms with Crippen LogP contribution in [0.5, 0.6) is 0 Å². The largest absolute Gasteiger partial charge is 0.382 e. The average Bonchev–Trinajstić information content (AvgIpc) is 2.87. The zero-order chi connectivity index (χ0) is 17.7. The molecule has 0 saturated carbocycles. The number of aryl methyl sites for hydroxylation is 2. The zero-order valence-electron chi connectivity index (χ0n) is 14.6. The predicted octanol–water partition coefficient (Wildman–Crippen LogP) is 2.07. The first-order chi connectivity index (χ1) is 11.3. The van der Waals surface area contributed by atoms with Crippen molar-refractivity contribution in [3.63, 3.8) is 0 Å². The number of nitrogen functional groups attached to an aromatic ring is 1. The molecule has 0 radical (unpaired) electrons. The molecule has 0 atom stereocenters. The van der Waals surface area contributed by atoms with E-state index in [0.717, 1.165) is 36.3 Å². The molecule has 24 heavy (non-hydrogen) atoms. The lowest BCUT2D eigenvalue weighted by atomic mass is 10.2. The highest BCUT2D eigenvalue weighted by molar-refractivity contribution is 7.90. The molecule has 8 heteroatoms. The summed E-state index contributed by atoms with van der Waals surface area (Å²) in [5.41, 5.74) is 8.68. The van der Waals surface area contributed by atoms with Crippen LogP contribution in [0.4, 0.5) is 5.82 Å². The molecule has 0 aliphatic carbocycles. The number of nitrogens with zero attached hydrogens (tertiary/aromatic N) is 3. The van der Waals surface area contributed by atoms with Gasteiger partial charge in [-0.2, -0.15) is 0 Å². The number of ether oxygens (including phenoxy) is 1. The highest BCUT2D eigenvalue weighted by Gasteiger charge is 2.15. The number of imidazole rings is 1. The van der Waals surface area contributed by atoms with Gasteiger partial charge in [0.1, 0.15) is 27.8 Å². The molecule has 0 spiro atoms. The SMILES string of the molecule is CCOCc1nc2c(N)ncc(C)c2n1CCCCCS(C)(=O)=O. The Hall–Kier alpha value is -1.67. The molecule has 134 valence electrons. The second kappa shape index (κ2) is 7.94. The van der Waals surface area contributed by atoms with Crippen molar-refractivity contribution in [1.82, 2.24) is 14.5 Å². The monoisotopic (exact) mass is 354 g/mol. The number of fused-ring (bicyclic) bond motifs is 1. The third kappa shape index (κ3) is 4.67. The Morgan fingerprint density at radius 2 is 2.04 bits per heavy atom. The summed E-state index contributed by atoms with van der Waals surface area (Å²) in [5, 5.41) is 0. The number of aromatic nitrogens is 3. The van der Waals surface area contributed by atoms with Gasteiger partial charge in [0, 0.05) is 31.4 Å². The lowest BCUT2D eigenvalue weighted by Crippen LogP contribution is -2.08. The van der Waals surface area contributed by atoms with Gasteiger partial charge < -0.3 is 15.0 Å². The second-order valence-corrected chi connectivity index (χ2v) is 8.29. The van der Waals surface area contributed by atoms with Gasteiger partial charge in [0.05, 0.1) is 5.52 Å². The van der Waals surface area contributed by atoms with Crippen LogP contribution in [0.15, 0.2) is 6.20 Å². The van der Waals surface area contributed by atoms with Crippen molar-refractivity contribution in [2.75, 3.05) is 24.3 Å². The van der Waals surface area contributed by atoms with Crippen LogP contribution in [-0.2, 0) is 27.7 Å². The van der Waals surface area contributed by atoms with Gasteiger partial charge in [-0.1, -0.05) is 6.42 Å². The first-order valence-electron chi connectivity index (χ1n) is 8.19. The van der Waals surface area contributed by atoms with E-state index in [9.17, 15) is 8.42 Å². The van der Waals surface area contributed by atoms with Crippen LogP contribution in [0, 0.1) is 6.92 Å². The molecule has 0 saturated heterocycles. The Balaban J connectivity index is 2.18. The Morgan fingerprint density at radius 3 is 2.71 bits per heavy atom. The lowest BCUT2D eigenvalue weighted by molar-refractivity contribution is 0.126. The number of nitrogens with two attached hydrogens (primary N) is 1. The molecule has 0 unspecified atom stereocenters. The van der Waals surface area contributed by atoms with Crippen molar-refractivity contribution in [3.05, 3.63) is 17.6 Å². The van der Waals surface area contributed by atoms with Crippen LogP contribution in [0.25, 0.3) is 11.0 Å². The number of sulfone groups is 1. The summed E-state index contributed by atoms with van der Waals surface area (Å²) in [4.78, 5) is 8.78. The van der Waals surface area contributed by atoms with Crippen molar-refractivity contribution in [1.29, 1.82) is 0 Å². The Morgan fingerprint density at radius 1 is 1.29 bits per heavy atom. The van der Waals surface area contributed by atoms with Crippen molar-refractivity contribution in [3.8, 4) is 0 Å². The molecular weight excluding hydrogens is 328 g/mol. The molecule has 2 rings (SSSR count). The minimum Gasteiger partial charge on any atom is -0.382 e. The fraction of sp³-hybridized carbons (Fsp3) is 0.625. The van der Waals surface area contributed by atoms with E-state index in [4.69, 9.17) is 10.5 Å². The smallest absolute Gasteiger partial charge is 0.151 e. The minimum atomic E-state index is -2.89. The van der Waals surface area contributed by atoms with Crippen LogP contribution in [0.2, 0.25) is 0 Å². The van der Waals surface area contributed by atoms with Crippen LogP contribution in [-0.4, -0.2) is 41.6 Å². The van der Waals surface area contributed by atoms with Gasteiger partial charge in [0.2, 0.25) is 0 Å². The van der Waals surface area contributed by atoms with E-state index in [0.29, 0.717) is 31.0 Å². The summed E-state index contributed by atoms with van der Waals surface area (Å²) < 4.78 is 30.0. The number of rotatable bonds is 9. The maximum atomic E-state index is 11.2. The van der Waals surface area contributed by atoms with E-state index in [2.05, 4.69) is 14.5 Å². The highest BCUT2D eigenvalue weighted by Crippen LogP contribution is 2.24. The number of anilines is 1. The molecule has 0 aliphatic rings. The molecule has 2 heterocycles. The number of hydrogen-bond acceptors (Lipinski definition) is 6. The summed E-state index contributed by atoms with van der Waals surface area (Å²) >= 11 is 0. The molecule has 0 aromatic carbocycles. The highest BCUT2D eigenvalue weighted by atomic mass is 32.2. The maximum absolute atomic E-state index is 11.2. The number of pyridine rings is 1. The van der Waals surface area contributed by atoms with Crippen molar-refractivity contribution >= 4 is 26.7 Å². The number of unbranched alkanes of at least 4 members (excludes halogenated alkanes) is 2. The molecule has 7 nitrogen and oxygen atoms in total. The average molecular weight is 354 g/mol. The Kier molecular flexibility index (Phi) is 6.17. The van der Waals surface area contributed by atoms with Gasteiger partial charge in [-0.15, -0.1) is 0 Å². The first kappa shape index (κ1) is 18.7. The van der Waals surface area contributed by atoms with Gasteiger partial charge in [0.25, 0.3) is 0 Å². The van der Waals surface area contributed by atoms with Gasteiger partial charge in [-0.25, -0.2) is 18.4 Å². The lowest BCUT2D eigenvalue weighted by Gasteiger charge is -2.10. The quantitative estimate of drug-likeness (QED) is 0.692. The molecule has 0 aliphatic heterocycles. The van der Waals surface area contributed by atoms with Gasteiger partial charge in [-0.3, -0.25) is 0 Å². The topological polar surface area (TPSA) is 100 Å². The first-order valence-corrected chi connectivity index (χ1v) is 10.2. The predicted molar refractivity (Wildman–Crippen MR) is 95.6 cm³/mol. The van der Waals surface area contributed by atoms with Crippen LogP contribution in [0.1, 0.15) is 37.6 Å². The molecular formula is C16H26N4O3S. The summed E-state index contributed by atoms with van der Waals surface area (Å²) in [5.74, 6) is 1.49. The molecule has 2 N–H and O–H groups in total. The normalized spacial score (nSPS) is 12.1. The Labute approximate surface area is 143 Å². The fourth-order valence-electron chi connectivity index (χ4n) is 2.72. The third-order valence-electron chi connectivity index (χ3n) is 3.89. The van der Waals surface area contributed by atoms with Gasteiger partial charge in [-0.05, 0) is 32.3 Å². The van der Waals surface area contributed by atoms with E-state index >= 15 is 0 Å². The van der Waals surface area contributed by atoms with Crippen molar-refractivity contribution in [2.45, 2.75) is 46.3 Å². The molecule has 2 aromatic rings. The summed E-state index contributed by atoms with van der Waals surface area (Å²) in [7, 11) is -2.89. The van der Waals surface area contributed by atoms with E-state index in [1.54, 1.807) is 6.20 Å². The summed E-state index contributed by atoms with van der Waals surface area (Å²) in [6.07, 6.45) is 5.43. The zero-order valence-corrected chi connectivity index (χ0v) is 15.4.